The maximum Gasteiger partial charge on any atom is 0.254 e. The van der Waals surface area contributed by atoms with Crippen LogP contribution in [0.2, 0.25) is 0 Å². The minimum Gasteiger partial charge on any atom is -0.336 e. The van der Waals surface area contributed by atoms with Crippen molar-refractivity contribution in [1.29, 1.82) is 0 Å². The molecule has 0 aliphatic carbocycles. The van der Waals surface area contributed by atoms with E-state index in [9.17, 15) is 9.59 Å². The molecule has 0 saturated heterocycles. The first-order valence-electron chi connectivity index (χ1n) is 8.27. The fraction of sp³-hybridized carbons (Fsp3) is 0.600. The van der Waals surface area contributed by atoms with Gasteiger partial charge >= 0.3 is 0 Å². The molecule has 126 valence electrons. The van der Waals surface area contributed by atoms with Gasteiger partial charge in [-0.15, -0.1) is 5.10 Å². The Morgan fingerprint density at radius 2 is 2.17 bits per heavy atom. The lowest BCUT2D eigenvalue weighted by atomic mass is 9.98. The van der Waals surface area contributed by atoms with Gasteiger partial charge in [-0.2, -0.15) is 0 Å². The molecule has 1 atom stereocenters. The molecule has 0 saturated carbocycles. The van der Waals surface area contributed by atoms with Crippen LogP contribution < -0.4 is 5.56 Å². The van der Waals surface area contributed by atoms with Crippen molar-refractivity contribution in [2.24, 2.45) is 0 Å². The molecule has 0 spiro atoms. The summed E-state index contributed by atoms with van der Waals surface area (Å²) in [4.78, 5) is 34.0. The maximum atomic E-state index is 13.0. The number of aryl methyl sites for hydroxylation is 2. The molecular weight excluding hydrogens is 310 g/mol. The van der Waals surface area contributed by atoms with Crippen LogP contribution in [-0.4, -0.2) is 47.5 Å². The third-order valence-electron chi connectivity index (χ3n) is 4.79. The number of hydrogen-bond acceptors (Lipinski definition) is 6. The largest absolute Gasteiger partial charge is 0.336 e. The van der Waals surface area contributed by atoms with Crippen LogP contribution in [0.1, 0.15) is 48.1 Å². The van der Waals surface area contributed by atoms with E-state index in [4.69, 9.17) is 0 Å². The fourth-order valence-electron chi connectivity index (χ4n) is 3.57. The fourth-order valence-corrected chi connectivity index (χ4v) is 3.57. The average molecular weight is 329 g/mol. The molecule has 2 aromatic heterocycles. The van der Waals surface area contributed by atoms with Gasteiger partial charge in [0.2, 0.25) is 5.91 Å². The molecule has 1 N–H and O–H groups in total. The second-order valence-corrected chi connectivity index (χ2v) is 6.39. The summed E-state index contributed by atoms with van der Waals surface area (Å²) in [5.74, 6) is 0.940. The molecule has 9 nitrogen and oxygen atoms in total. The van der Waals surface area contributed by atoms with E-state index in [-0.39, 0.29) is 17.4 Å². The minimum absolute atomic E-state index is 0.0262. The number of amides is 1. The predicted octanol–water partition coefficient (Wildman–Crippen LogP) is -0.0828. The van der Waals surface area contributed by atoms with Gasteiger partial charge in [-0.25, -0.2) is 9.67 Å². The van der Waals surface area contributed by atoms with Crippen LogP contribution in [0.3, 0.4) is 0 Å². The van der Waals surface area contributed by atoms with Crippen LogP contribution in [0, 0.1) is 6.92 Å². The number of nitrogens with one attached hydrogen (secondary N) is 1. The van der Waals surface area contributed by atoms with E-state index in [1.54, 1.807) is 16.5 Å². The first-order chi connectivity index (χ1) is 11.6. The van der Waals surface area contributed by atoms with Gasteiger partial charge < -0.3 is 9.88 Å². The minimum atomic E-state index is -0.313. The average Bonchev–Trinajstić information content (AvgIpc) is 2.93. The van der Waals surface area contributed by atoms with Crippen LogP contribution >= 0.6 is 0 Å². The van der Waals surface area contributed by atoms with Crippen molar-refractivity contribution in [3.8, 4) is 0 Å². The Labute approximate surface area is 138 Å². The maximum absolute atomic E-state index is 13.0. The normalized spacial score (nSPS) is 20.2. The zero-order valence-corrected chi connectivity index (χ0v) is 13.5. The van der Waals surface area contributed by atoms with Gasteiger partial charge in [-0.05, 0) is 36.6 Å². The highest BCUT2D eigenvalue weighted by Gasteiger charge is 2.34. The summed E-state index contributed by atoms with van der Waals surface area (Å²) in [6, 6.07) is 0. The summed E-state index contributed by atoms with van der Waals surface area (Å²) < 4.78 is 1.74. The number of aromatic nitrogens is 6. The quantitative estimate of drug-likeness (QED) is 0.783. The number of hydrogen-bond donors (Lipinski definition) is 1. The van der Waals surface area contributed by atoms with Gasteiger partial charge in [-0.1, -0.05) is 6.42 Å². The monoisotopic (exact) mass is 329 g/mol. The molecular formula is C15H19N7O2. The zero-order valence-electron chi connectivity index (χ0n) is 13.5. The first kappa shape index (κ1) is 15.0. The third kappa shape index (κ3) is 2.49. The topological polar surface area (TPSA) is 110 Å². The van der Waals surface area contributed by atoms with E-state index in [0.717, 1.165) is 25.8 Å². The Bertz CT molecular complexity index is 841. The Kier molecular flexibility index (Phi) is 3.62. The van der Waals surface area contributed by atoms with E-state index in [0.29, 0.717) is 42.4 Å². The number of carbonyl (C=O) groups excluding carboxylic acids is 1. The van der Waals surface area contributed by atoms with Crippen LogP contribution in [0.5, 0.6) is 0 Å². The molecule has 4 rings (SSSR count). The Balaban J connectivity index is 1.61. The smallest absolute Gasteiger partial charge is 0.254 e. The van der Waals surface area contributed by atoms with Crippen molar-refractivity contribution in [3.63, 3.8) is 0 Å². The number of H-pyrrole nitrogens is 1. The summed E-state index contributed by atoms with van der Waals surface area (Å²) in [6.45, 7) is 3.40. The molecule has 2 aliphatic rings. The van der Waals surface area contributed by atoms with Crippen molar-refractivity contribution in [1.82, 2.24) is 35.1 Å². The van der Waals surface area contributed by atoms with Crippen LogP contribution in [0.4, 0.5) is 0 Å². The summed E-state index contributed by atoms with van der Waals surface area (Å²) in [5.41, 5.74) is 1.29. The second kappa shape index (κ2) is 5.81. The molecule has 2 aliphatic heterocycles. The molecule has 9 heteroatoms. The first-order valence-corrected chi connectivity index (χ1v) is 8.27. The van der Waals surface area contributed by atoms with Crippen LogP contribution in [0.15, 0.2) is 4.79 Å². The van der Waals surface area contributed by atoms with Gasteiger partial charge in [0.15, 0.2) is 5.82 Å². The molecule has 1 unspecified atom stereocenters. The highest BCUT2D eigenvalue weighted by molar-refractivity contribution is 5.83. The highest BCUT2D eigenvalue weighted by Crippen LogP contribution is 2.27. The number of tetrazole rings is 1. The van der Waals surface area contributed by atoms with Gasteiger partial charge in [0.25, 0.3) is 5.56 Å². The Morgan fingerprint density at radius 3 is 3.04 bits per heavy atom. The number of nitrogens with zero attached hydrogens (tertiary/aromatic N) is 6. The van der Waals surface area contributed by atoms with E-state index >= 15 is 0 Å². The van der Waals surface area contributed by atoms with Crippen molar-refractivity contribution in [3.05, 3.63) is 33.3 Å². The Hall–Kier alpha value is -2.58. The van der Waals surface area contributed by atoms with E-state index in [1.807, 2.05) is 0 Å². The van der Waals surface area contributed by atoms with E-state index in [2.05, 4.69) is 25.5 Å². The lowest BCUT2D eigenvalue weighted by Gasteiger charge is -2.30. The van der Waals surface area contributed by atoms with Gasteiger partial charge in [0.05, 0.1) is 18.2 Å². The molecule has 24 heavy (non-hydrogen) atoms. The lowest BCUT2D eigenvalue weighted by Crippen LogP contribution is -2.42. The van der Waals surface area contributed by atoms with E-state index in [1.165, 1.54) is 0 Å². The lowest BCUT2D eigenvalue weighted by molar-refractivity contribution is -0.134. The van der Waals surface area contributed by atoms with Gasteiger partial charge in [0.1, 0.15) is 5.82 Å². The van der Waals surface area contributed by atoms with Crippen molar-refractivity contribution < 1.29 is 4.79 Å². The van der Waals surface area contributed by atoms with E-state index < -0.39 is 0 Å². The Morgan fingerprint density at radius 1 is 1.29 bits per heavy atom. The highest BCUT2D eigenvalue weighted by atomic mass is 16.2. The number of carbonyl (C=O) groups is 1. The standard InChI is InChI=1S/C15H19N7O2/c1-9-16-12-8-21(7-5-10(12)14(23)17-9)15(24)11-4-2-3-6-22-13(11)18-19-20-22/h11H,2-8H2,1H3,(H,16,17,23). The van der Waals surface area contributed by atoms with Crippen molar-refractivity contribution in [2.75, 3.05) is 6.54 Å². The van der Waals surface area contributed by atoms with Gasteiger partial charge in [-0.3, -0.25) is 9.59 Å². The third-order valence-corrected chi connectivity index (χ3v) is 4.79. The summed E-state index contributed by atoms with van der Waals surface area (Å²) in [5, 5.41) is 11.8. The summed E-state index contributed by atoms with van der Waals surface area (Å²) >= 11 is 0. The SMILES string of the molecule is Cc1nc2c(c(=O)[nH]1)CCN(C(=O)C1CCCCn3nnnc31)C2. The number of rotatable bonds is 1. The molecule has 0 bridgehead atoms. The second-order valence-electron chi connectivity index (χ2n) is 6.39. The molecule has 0 radical (unpaired) electrons. The molecule has 4 heterocycles. The zero-order chi connectivity index (χ0) is 16.7. The number of aromatic amines is 1. The predicted molar refractivity (Wildman–Crippen MR) is 83.1 cm³/mol. The van der Waals surface area contributed by atoms with Gasteiger partial charge in [0, 0.05) is 18.7 Å². The number of fused-ring (bicyclic) bond motifs is 2. The molecule has 0 fully saturated rings. The molecule has 1 amide bonds. The van der Waals surface area contributed by atoms with Crippen LogP contribution in [-0.2, 0) is 24.3 Å². The van der Waals surface area contributed by atoms with Crippen molar-refractivity contribution >= 4 is 5.91 Å². The van der Waals surface area contributed by atoms with Crippen LogP contribution in [0.25, 0.3) is 0 Å². The molecule has 2 aromatic rings. The summed E-state index contributed by atoms with van der Waals surface area (Å²) in [7, 11) is 0. The summed E-state index contributed by atoms with van der Waals surface area (Å²) in [6.07, 6.45) is 3.22. The van der Waals surface area contributed by atoms with Crippen molar-refractivity contribution in [2.45, 2.75) is 51.6 Å². The molecule has 0 aromatic carbocycles.